The summed E-state index contributed by atoms with van der Waals surface area (Å²) in [6.45, 7) is 2.42. The average Bonchev–Trinajstić information content (AvgIpc) is 2.66. The molecule has 7 nitrogen and oxygen atoms in total. The number of fused-ring (bicyclic) bond motifs is 1. The van der Waals surface area contributed by atoms with Crippen LogP contribution in [-0.2, 0) is 4.79 Å². The molecule has 148 valence electrons. The first-order valence-corrected chi connectivity index (χ1v) is 9.53. The van der Waals surface area contributed by atoms with Crippen molar-refractivity contribution in [3.05, 3.63) is 30.3 Å². The molecule has 1 aromatic rings. The highest BCUT2D eigenvalue weighted by Gasteiger charge is 2.46. The molecule has 0 bridgehead atoms. The summed E-state index contributed by atoms with van der Waals surface area (Å²) in [5.41, 5.74) is 0.227. The monoisotopic (exact) mass is 374 g/mol. The van der Waals surface area contributed by atoms with Crippen molar-refractivity contribution >= 4 is 17.6 Å². The number of urea groups is 1. The smallest absolute Gasteiger partial charge is 0.319 e. The lowest BCUT2D eigenvalue weighted by Crippen LogP contribution is -2.62. The molecular formula is C20H30N4O3. The molecule has 0 aromatic heterocycles. The SMILES string of the molecule is CN(C)C(=O)N1CC[C@]2(O)CCN(C(=O)CN(C)c3ccccc3)C[C@@H]2C1. The van der Waals surface area contributed by atoms with Crippen LogP contribution in [-0.4, -0.2) is 91.2 Å². The molecule has 2 heterocycles. The Morgan fingerprint density at radius 3 is 2.30 bits per heavy atom. The minimum absolute atomic E-state index is 0.0377. The quantitative estimate of drug-likeness (QED) is 0.860. The van der Waals surface area contributed by atoms with Gasteiger partial charge < -0.3 is 24.7 Å². The molecule has 2 atom stereocenters. The lowest BCUT2D eigenvalue weighted by molar-refractivity contribution is -0.143. The largest absolute Gasteiger partial charge is 0.389 e. The molecule has 3 amide bonds. The maximum Gasteiger partial charge on any atom is 0.319 e. The number of hydrogen-bond acceptors (Lipinski definition) is 4. The highest BCUT2D eigenvalue weighted by molar-refractivity contribution is 5.81. The average molecular weight is 374 g/mol. The fourth-order valence-corrected chi connectivity index (χ4v) is 4.06. The number of amides is 3. The number of rotatable bonds is 3. The van der Waals surface area contributed by atoms with E-state index < -0.39 is 5.60 Å². The van der Waals surface area contributed by atoms with Gasteiger partial charge in [-0.1, -0.05) is 18.2 Å². The third-order valence-corrected chi connectivity index (χ3v) is 5.85. The number of anilines is 1. The van der Waals surface area contributed by atoms with Crippen LogP contribution in [0.25, 0.3) is 0 Å². The summed E-state index contributed by atoms with van der Waals surface area (Å²) < 4.78 is 0. The summed E-state index contributed by atoms with van der Waals surface area (Å²) in [6, 6.07) is 9.78. The molecular weight excluding hydrogens is 344 g/mol. The van der Waals surface area contributed by atoms with Crippen molar-refractivity contribution in [2.24, 2.45) is 5.92 Å². The molecule has 2 aliphatic heterocycles. The molecule has 0 aliphatic carbocycles. The zero-order chi connectivity index (χ0) is 19.6. The van der Waals surface area contributed by atoms with Crippen molar-refractivity contribution in [2.45, 2.75) is 18.4 Å². The van der Waals surface area contributed by atoms with Crippen LogP contribution in [0.3, 0.4) is 0 Å². The van der Waals surface area contributed by atoms with Gasteiger partial charge in [-0.05, 0) is 25.0 Å². The number of carbonyl (C=O) groups is 2. The fourth-order valence-electron chi connectivity index (χ4n) is 4.06. The van der Waals surface area contributed by atoms with E-state index in [-0.39, 0.29) is 17.9 Å². The Morgan fingerprint density at radius 2 is 1.67 bits per heavy atom. The number of aliphatic hydroxyl groups is 1. The van der Waals surface area contributed by atoms with E-state index in [4.69, 9.17) is 0 Å². The van der Waals surface area contributed by atoms with Crippen molar-refractivity contribution in [1.29, 1.82) is 0 Å². The van der Waals surface area contributed by atoms with Gasteiger partial charge in [0.15, 0.2) is 0 Å². The number of hydrogen-bond donors (Lipinski definition) is 1. The minimum atomic E-state index is -0.773. The van der Waals surface area contributed by atoms with Crippen LogP contribution in [0.5, 0.6) is 0 Å². The Hall–Kier alpha value is -2.28. The second kappa shape index (κ2) is 7.76. The van der Waals surface area contributed by atoms with Gasteiger partial charge in [-0.3, -0.25) is 4.79 Å². The summed E-state index contributed by atoms with van der Waals surface area (Å²) >= 11 is 0. The van der Waals surface area contributed by atoms with Gasteiger partial charge in [0.1, 0.15) is 0 Å². The molecule has 27 heavy (non-hydrogen) atoms. The summed E-state index contributed by atoms with van der Waals surface area (Å²) in [5, 5.41) is 11.0. The molecule has 7 heteroatoms. The van der Waals surface area contributed by atoms with Gasteiger partial charge in [0.2, 0.25) is 5.91 Å². The lowest BCUT2D eigenvalue weighted by atomic mass is 9.75. The van der Waals surface area contributed by atoms with Gasteiger partial charge in [-0.2, -0.15) is 0 Å². The first-order valence-electron chi connectivity index (χ1n) is 9.53. The molecule has 3 rings (SSSR count). The van der Waals surface area contributed by atoms with Gasteiger partial charge in [0.25, 0.3) is 0 Å². The zero-order valence-corrected chi connectivity index (χ0v) is 16.5. The maximum absolute atomic E-state index is 12.8. The molecule has 0 saturated carbocycles. The molecule has 0 radical (unpaired) electrons. The van der Waals surface area contributed by atoms with Crippen LogP contribution in [0.4, 0.5) is 10.5 Å². The molecule has 2 fully saturated rings. The second-order valence-electron chi connectivity index (χ2n) is 7.95. The van der Waals surface area contributed by atoms with E-state index in [1.807, 2.05) is 47.2 Å². The number of likely N-dealkylation sites (tertiary alicyclic amines) is 2. The van der Waals surface area contributed by atoms with Gasteiger partial charge in [0.05, 0.1) is 12.1 Å². The van der Waals surface area contributed by atoms with Crippen molar-refractivity contribution in [2.75, 3.05) is 58.8 Å². The van der Waals surface area contributed by atoms with E-state index in [9.17, 15) is 14.7 Å². The maximum atomic E-state index is 12.8. The van der Waals surface area contributed by atoms with Gasteiger partial charge in [-0.25, -0.2) is 4.79 Å². The highest BCUT2D eigenvalue weighted by Crippen LogP contribution is 2.35. The number of likely N-dealkylation sites (N-methyl/N-ethyl adjacent to an activating group) is 1. The number of para-hydroxylation sites is 1. The van der Waals surface area contributed by atoms with E-state index >= 15 is 0 Å². The minimum Gasteiger partial charge on any atom is -0.389 e. The Labute approximate surface area is 161 Å². The van der Waals surface area contributed by atoms with E-state index in [1.54, 1.807) is 23.9 Å². The lowest BCUT2D eigenvalue weighted by Gasteiger charge is -2.50. The van der Waals surface area contributed by atoms with Gasteiger partial charge >= 0.3 is 6.03 Å². The molecule has 1 N–H and O–H groups in total. The summed E-state index contributed by atoms with van der Waals surface area (Å²) in [5.74, 6) is -0.0469. The zero-order valence-electron chi connectivity index (χ0n) is 16.5. The third kappa shape index (κ3) is 4.18. The summed E-state index contributed by atoms with van der Waals surface area (Å²) in [7, 11) is 5.38. The standard InChI is InChI=1S/C20H30N4O3/c1-21(2)19(26)24-12-10-20(27)9-11-23(13-16(20)14-24)18(25)15-22(3)17-7-5-4-6-8-17/h4-8,16,27H,9-15H2,1-3H3/t16-,20-/m1/s1. The predicted molar refractivity (Wildman–Crippen MR) is 105 cm³/mol. The van der Waals surface area contributed by atoms with E-state index in [0.29, 0.717) is 45.6 Å². The Balaban J connectivity index is 1.62. The van der Waals surface area contributed by atoms with Crippen LogP contribution < -0.4 is 4.90 Å². The van der Waals surface area contributed by atoms with Crippen molar-refractivity contribution in [3.8, 4) is 0 Å². The van der Waals surface area contributed by atoms with Crippen LogP contribution >= 0.6 is 0 Å². The number of piperidine rings is 2. The fraction of sp³-hybridized carbons (Fsp3) is 0.600. The first kappa shape index (κ1) is 19.5. The molecule has 0 spiro atoms. The normalized spacial score (nSPS) is 25.0. The predicted octanol–water partition coefficient (Wildman–Crippen LogP) is 1.09. The molecule has 2 aliphatic rings. The van der Waals surface area contributed by atoms with Crippen LogP contribution in [0.1, 0.15) is 12.8 Å². The number of carbonyl (C=O) groups excluding carboxylic acids is 2. The van der Waals surface area contributed by atoms with Crippen LogP contribution in [0, 0.1) is 5.92 Å². The van der Waals surface area contributed by atoms with Crippen molar-refractivity contribution in [1.82, 2.24) is 14.7 Å². The molecule has 1 aromatic carbocycles. The number of benzene rings is 1. The Bertz CT molecular complexity index is 681. The van der Waals surface area contributed by atoms with E-state index in [1.165, 1.54) is 0 Å². The summed E-state index contributed by atoms with van der Waals surface area (Å²) in [4.78, 5) is 32.2. The topological polar surface area (TPSA) is 67.3 Å². The Kier molecular flexibility index (Phi) is 5.60. The Morgan fingerprint density at radius 1 is 1.07 bits per heavy atom. The van der Waals surface area contributed by atoms with Gasteiger partial charge in [0, 0.05) is 58.9 Å². The number of nitrogens with zero attached hydrogens (tertiary/aromatic N) is 4. The van der Waals surface area contributed by atoms with Crippen LogP contribution in [0.15, 0.2) is 30.3 Å². The van der Waals surface area contributed by atoms with Crippen molar-refractivity contribution in [3.63, 3.8) is 0 Å². The van der Waals surface area contributed by atoms with Gasteiger partial charge in [-0.15, -0.1) is 0 Å². The third-order valence-electron chi connectivity index (χ3n) is 5.85. The first-order chi connectivity index (χ1) is 12.8. The molecule has 0 unspecified atom stereocenters. The van der Waals surface area contributed by atoms with Crippen molar-refractivity contribution < 1.29 is 14.7 Å². The van der Waals surface area contributed by atoms with E-state index in [2.05, 4.69) is 0 Å². The highest BCUT2D eigenvalue weighted by atomic mass is 16.3. The van der Waals surface area contributed by atoms with Crippen LogP contribution in [0.2, 0.25) is 0 Å². The van der Waals surface area contributed by atoms with E-state index in [0.717, 1.165) is 5.69 Å². The molecule has 2 saturated heterocycles. The second-order valence-corrected chi connectivity index (χ2v) is 7.95. The summed E-state index contributed by atoms with van der Waals surface area (Å²) in [6.07, 6.45) is 1.14.